The van der Waals surface area contributed by atoms with Gasteiger partial charge in [-0.25, -0.2) is 0 Å². The zero-order valence-electron chi connectivity index (χ0n) is 48.5. The van der Waals surface area contributed by atoms with Crippen LogP contribution in [0.1, 0.15) is 172 Å². The van der Waals surface area contributed by atoms with E-state index >= 15 is 0 Å². The van der Waals surface area contributed by atoms with Gasteiger partial charge in [0, 0.05) is 41.9 Å². The lowest BCUT2D eigenvalue weighted by atomic mass is 10.1. The molecule has 0 aromatic carbocycles. The summed E-state index contributed by atoms with van der Waals surface area (Å²) in [5, 5.41) is 17.3. The quantitative estimate of drug-likeness (QED) is 0.0312. The average molecular weight is 1730 g/mol. The summed E-state index contributed by atoms with van der Waals surface area (Å²) >= 11 is 33.1. The van der Waals surface area contributed by atoms with Gasteiger partial charge in [0.1, 0.15) is 27.7 Å². The molecule has 7 aromatic heterocycles. The Labute approximate surface area is 577 Å². The lowest BCUT2D eigenvalue weighted by molar-refractivity contribution is -0.122. The van der Waals surface area contributed by atoms with Gasteiger partial charge in [-0.15, -0.1) is 34.0 Å². The van der Waals surface area contributed by atoms with Crippen molar-refractivity contribution in [3.05, 3.63) is 124 Å². The molecule has 0 saturated carbocycles. The third-order valence-electron chi connectivity index (χ3n) is 11.6. The fraction of sp³-hybridized carbons (Fsp3) is 0.385. The van der Waals surface area contributed by atoms with Gasteiger partial charge in [-0.1, -0.05) is 44.2 Å². The summed E-state index contributed by atoms with van der Waals surface area (Å²) in [5.41, 5.74) is 23.6. The SMILES string of the molecule is CCCCCCCC(=O)NNC(=O)c1c(Br)c(C)nn1CC.CCn1nc(C)c(Br)c1C(=O)NNC(=O)c1cc(Br)c(Br)s1.CCn1nc(C)c(Br)c1C(=O)NNC(=O)c1ccc(Br)s1.CCn1nc(C)c(Br)c1C(=O)NNC(=O)c1sc(C)cc1Cl. The summed E-state index contributed by atoms with van der Waals surface area (Å²) in [7, 11) is 0. The van der Waals surface area contributed by atoms with E-state index in [0.717, 1.165) is 47.6 Å². The lowest BCUT2D eigenvalue weighted by Gasteiger charge is -2.09. The molecule has 0 aliphatic carbocycles. The minimum absolute atomic E-state index is 0.166. The molecule has 7 aromatic rings. The molecule has 0 fully saturated rings. The minimum atomic E-state index is -0.452. The fourth-order valence-corrected chi connectivity index (χ4v) is 13.7. The number of rotatable bonds is 17. The first kappa shape index (κ1) is 74.8. The maximum Gasteiger partial charge on any atom is 0.289 e. The molecule has 0 radical (unpaired) electrons. The summed E-state index contributed by atoms with van der Waals surface area (Å²) in [6.07, 6.45) is 5.85. The lowest BCUT2D eigenvalue weighted by Crippen LogP contribution is -2.42. The van der Waals surface area contributed by atoms with Crippen molar-refractivity contribution < 1.29 is 38.4 Å². The second kappa shape index (κ2) is 36.3. The van der Waals surface area contributed by atoms with Crippen molar-refractivity contribution in [1.29, 1.82) is 0 Å². The summed E-state index contributed by atoms with van der Waals surface area (Å²) in [6, 6.07) is 6.82. The van der Waals surface area contributed by atoms with Crippen molar-refractivity contribution in [2.24, 2.45) is 0 Å². The summed E-state index contributed by atoms with van der Waals surface area (Å²) in [5.74, 6) is -3.05. The number of hydrogen-bond acceptors (Lipinski definition) is 15. The van der Waals surface area contributed by atoms with Crippen LogP contribution in [0, 0.1) is 34.6 Å². The van der Waals surface area contributed by atoms with Crippen LogP contribution >= 0.6 is 157 Å². The van der Waals surface area contributed by atoms with E-state index in [4.69, 9.17) is 11.6 Å². The first-order chi connectivity index (χ1) is 41.1. The Balaban J connectivity index is 0.000000248. The fourth-order valence-electron chi connectivity index (χ4n) is 7.39. The number of hydrogen-bond donors (Lipinski definition) is 8. The Kier molecular flexibility index (Phi) is 31.2. The molecule has 0 bridgehead atoms. The van der Waals surface area contributed by atoms with Crippen molar-refractivity contribution in [3.8, 4) is 0 Å². The highest BCUT2D eigenvalue weighted by molar-refractivity contribution is 9.13. The largest absolute Gasteiger partial charge is 0.289 e. The normalized spacial score (nSPS) is 10.6. The Morgan fingerprint density at radius 3 is 1.15 bits per heavy atom. The van der Waals surface area contributed by atoms with E-state index < -0.39 is 23.6 Å². The van der Waals surface area contributed by atoms with Crippen molar-refractivity contribution in [2.75, 3.05) is 0 Å². The van der Waals surface area contributed by atoms with Gasteiger partial charge in [0.15, 0.2) is 0 Å². The molecule has 35 heteroatoms. The highest BCUT2D eigenvalue weighted by Gasteiger charge is 2.25. The summed E-state index contributed by atoms with van der Waals surface area (Å²) in [4.78, 5) is 98.7. The molecule has 7 rings (SSSR count). The number of nitrogens with one attached hydrogen (secondary N) is 8. The molecule has 8 amide bonds. The number of nitrogens with zero attached hydrogens (tertiary/aromatic N) is 8. The Bertz CT molecular complexity index is 3590. The van der Waals surface area contributed by atoms with Crippen LogP contribution in [0.3, 0.4) is 0 Å². The van der Waals surface area contributed by atoms with Crippen LogP contribution in [0.5, 0.6) is 0 Å². The van der Waals surface area contributed by atoms with Crippen LogP contribution in [0.2, 0.25) is 5.02 Å². The van der Waals surface area contributed by atoms with Gasteiger partial charge in [0.25, 0.3) is 41.4 Å². The molecule has 0 aliphatic rings. The van der Waals surface area contributed by atoms with E-state index in [1.807, 2.05) is 41.5 Å². The first-order valence-electron chi connectivity index (χ1n) is 26.4. The smallest absolute Gasteiger partial charge is 0.273 e. The standard InChI is InChI=1S/C15H25BrN4O2.C13H14BrClN4O2S.C12H11Br3N4O2S.C12H12Br2N4O2S/c1-4-6-7-8-9-10-12(21)17-18-15(22)14-13(16)11(3)19-20(14)5-2;1-4-19-10(9(14)7(3)18-19)12(20)16-17-13(21)11-8(15)5-6(2)22-11;1-3-19-9(8(14)5(2)18-19)12(21)17-16-11(20)7-4-6(13)10(15)22-7;1-3-18-10(9(14)6(2)17-18)12(20)16-15-11(19)7-4-5-8(13)21-7/h4-10H2,1-3H3,(H,17,21)(H,18,22);5H,4H2,1-3H3,(H,16,20)(H,17,21);4H,3H2,1-2H3,(H,16,20)(H,17,21);4-5H,3H2,1-2H3,(H,15,19)(H,16,20). The maximum atomic E-state index is 12.2. The van der Waals surface area contributed by atoms with Crippen LogP contribution in [0.15, 0.2) is 54.2 Å². The zero-order valence-corrected chi connectivity index (χ0v) is 62.8. The molecule has 8 N–H and O–H groups in total. The van der Waals surface area contributed by atoms with Gasteiger partial charge in [0.05, 0.1) is 63.0 Å². The predicted octanol–water partition coefficient (Wildman–Crippen LogP) is 12.7. The van der Waals surface area contributed by atoms with Crippen LogP contribution in [-0.4, -0.2) is 86.4 Å². The molecule has 0 atom stereocenters. The van der Waals surface area contributed by atoms with E-state index in [1.165, 1.54) is 46.9 Å². The minimum Gasteiger partial charge on any atom is -0.273 e. The number of carbonyl (C=O) groups is 8. The van der Waals surface area contributed by atoms with Gasteiger partial charge >= 0.3 is 0 Å². The van der Waals surface area contributed by atoms with E-state index in [-0.39, 0.29) is 23.6 Å². The van der Waals surface area contributed by atoms with Gasteiger partial charge < -0.3 is 0 Å². The molecule has 0 saturated heterocycles. The number of halogens is 8. The number of aryl methyl sites for hydroxylation is 9. The van der Waals surface area contributed by atoms with Crippen molar-refractivity contribution in [2.45, 2.75) is 134 Å². The van der Waals surface area contributed by atoms with Crippen molar-refractivity contribution in [3.63, 3.8) is 0 Å². The van der Waals surface area contributed by atoms with E-state index in [0.29, 0.717) is 104 Å². The Hall–Kier alpha value is -4.65. The number of unbranched alkanes of at least 4 members (excludes halogenated alkanes) is 4. The van der Waals surface area contributed by atoms with Crippen molar-refractivity contribution >= 4 is 204 Å². The topological polar surface area (TPSA) is 304 Å². The van der Waals surface area contributed by atoms with Gasteiger partial charge in [-0.05, 0) is 205 Å². The third kappa shape index (κ3) is 21.2. The highest BCUT2D eigenvalue weighted by Crippen LogP contribution is 2.33. The second-order valence-corrected chi connectivity index (χ2v) is 28.5. The molecular weight excluding hydrogens is 1670 g/mol. The number of carbonyl (C=O) groups excluding carboxylic acids is 8. The average Bonchev–Trinajstić information content (AvgIpc) is 2.77. The number of thiophene rings is 3. The van der Waals surface area contributed by atoms with Crippen LogP contribution in [0.4, 0.5) is 0 Å². The number of hydrazine groups is 4. The molecule has 0 aliphatic heterocycles. The van der Waals surface area contributed by atoms with Gasteiger partial charge in [0.2, 0.25) is 5.91 Å². The summed E-state index contributed by atoms with van der Waals surface area (Å²) < 4.78 is 11.2. The van der Waals surface area contributed by atoms with Gasteiger partial charge in [-0.3, -0.25) is 100 Å². The molecular formula is C52H62Br7ClN16O8S3. The Morgan fingerprint density at radius 1 is 0.448 bits per heavy atom. The first-order valence-corrected chi connectivity index (χ1v) is 34.8. The van der Waals surface area contributed by atoms with Crippen molar-refractivity contribution in [1.82, 2.24) is 82.5 Å². The maximum absolute atomic E-state index is 12.2. The Morgan fingerprint density at radius 2 is 0.816 bits per heavy atom. The van der Waals surface area contributed by atoms with Crippen LogP contribution in [-0.2, 0) is 31.0 Å². The molecule has 7 heterocycles. The zero-order chi connectivity index (χ0) is 65.0. The van der Waals surface area contributed by atoms with Crippen LogP contribution in [0.25, 0.3) is 0 Å². The molecule has 472 valence electrons. The molecule has 0 spiro atoms. The molecule has 24 nitrogen and oxygen atoms in total. The second-order valence-electron chi connectivity index (χ2n) is 18.0. The molecule has 87 heavy (non-hydrogen) atoms. The monoisotopic (exact) mass is 1720 g/mol. The third-order valence-corrected chi connectivity index (χ3v) is 21.8. The van der Waals surface area contributed by atoms with E-state index in [9.17, 15) is 38.4 Å². The molecule has 0 unspecified atom stereocenters. The summed E-state index contributed by atoms with van der Waals surface area (Å²) in [6.45, 7) is 21.0. The van der Waals surface area contributed by atoms with E-state index in [1.54, 1.807) is 63.8 Å². The highest BCUT2D eigenvalue weighted by atomic mass is 79.9. The number of amides is 8. The van der Waals surface area contributed by atoms with E-state index in [2.05, 4.69) is 182 Å². The van der Waals surface area contributed by atoms with Crippen LogP contribution < -0.4 is 43.4 Å². The van der Waals surface area contributed by atoms with Gasteiger partial charge in [-0.2, -0.15) is 20.4 Å². The predicted molar refractivity (Wildman–Crippen MR) is 361 cm³/mol. The number of aromatic nitrogens is 8.